The van der Waals surface area contributed by atoms with Crippen molar-refractivity contribution in [2.75, 3.05) is 5.32 Å². The quantitative estimate of drug-likeness (QED) is 0.931. The normalized spacial score (nSPS) is 16.1. The third kappa shape index (κ3) is 2.97. The van der Waals surface area contributed by atoms with E-state index in [9.17, 15) is 0 Å². The van der Waals surface area contributed by atoms with Crippen molar-refractivity contribution in [3.05, 3.63) is 28.0 Å². The molecule has 19 heavy (non-hydrogen) atoms. The van der Waals surface area contributed by atoms with Crippen LogP contribution in [0.3, 0.4) is 0 Å². The second kappa shape index (κ2) is 5.33. The topological polar surface area (TPSA) is 42.7 Å². The predicted molar refractivity (Wildman–Crippen MR) is 78.8 cm³/mol. The van der Waals surface area contributed by atoms with Crippen molar-refractivity contribution < 1.29 is 0 Å². The zero-order valence-corrected chi connectivity index (χ0v) is 12.3. The van der Waals surface area contributed by atoms with Crippen LogP contribution >= 0.6 is 11.3 Å². The Hall–Kier alpha value is -1.36. The van der Waals surface area contributed by atoms with E-state index in [1.807, 2.05) is 13.8 Å². The molecule has 5 heteroatoms. The van der Waals surface area contributed by atoms with Crippen LogP contribution in [0.25, 0.3) is 0 Å². The van der Waals surface area contributed by atoms with Crippen molar-refractivity contribution in [1.82, 2.24) is 14.5 Å². The summed E-state index contributed by atoms with van der Waals surface area (Å²) >= 11 is 1.72. The Morgan fingerprint density at radius 2 is 2.05 bits per heavy atom. The van der Waals surface area contributed by atoms with Crippen molar-refractivity contribution in [2.24, 2.45) is 0 Å². The molecule has 2 aromatic rings. The smallest absolute Gasteiger partial charge is 0.203 e. The highest BCUT2D eigenvalue weighted by Gasteiger charge is 2.17. The summed E-state index contributed by atoms with van der Waals surface area (Å²) in [6, 6.07) is 0.596. The number of hydrogen-bond donors (Lipinski definition) is 1. The van der Waals surface area contributed by atoms with Crippen molar-refractivity contribution in [3.63, 3.8) is 0 Å². The van der Waals surface area contributed by atoms with Crippen LogP contribution < -0.4 is 5.32 Å². The highest BCUT2D eigenvalue weighted by Crippen LogP contribution is 2.23. The maximum absolute atomic E-state index is 4.61. The minimum absolute atomic E-state index is 0.596. The lowest BCUT2D eigenvalue weighted by Crippen LogP contribution is -2.18. The van der Waals surface area contributed by atoms with Gasteiger partial charge in [-0.2, -0.15) is 0 Å². The zero-order chi connectivity index (χ0) is 13.2. The number of anilines is 1. The van der Waals surface area contributed by atoms with Crippen LogP contribution in [0.5, 0.6) is 0 Å². The van der Waals surface area contributed by atoms with Crippen molar-refractivity contribution >= 4 is 17.3 Å². The second-order valence-electron chi connectivity index (χ2n) is 5.34. The lowest BCUT2D eigenvalue weighted by Gasteiger charge is -2.13. The molecule has 0 aromatic carbocycles. The standard InChI is InChI=1S/C14H20N4S/c1-10-7-18(8-13-15-11(2)9-19-13)14(16-10)17-12-5-3-4-6-12/h7,9,12H,3-6,8H2,1-2H3,(H,16,17). The van der Waals surface area contributed by atoms with Crippen molar-refractivity contribution in [3.8, 4) is 0 Å². The van der Waals surface area contributed by atoms with Crippen LogP contribution in [0.2, 0.25) is 0 Å². The van der Waals surface area contributed by atoms with Gasteiger partial charge < -0.3 is 9.88 Å². The molecule has 1 aliphatic carbocycles. The number of nitrogens with zero attached hydrogens (tertiary/aromatic N) is 3. The molecule has 0 spiro atoms. The molecule has 0 amide bonds. The van der Waals surface area contributed by atoms with E-state index in [1.54, 1.807) is 11.3 Å². The van der Waals surface area contributed by atoms with Gasteiger partial charge in [0.2, 0.25) is 5.95 Å². The molecule has 0 aliphatic heterocycles. The maximum Gasteiger partial charge on any atom is 0.203 e. The largest absolute Gasteiger partial charge is 0.353 e. The summed E-state index contributed by atoms with van der Waals surface area (Å²) in [6.45, 7) is 4.90. The summed E-state index contributed by atoms with van der Waals surface area (Å²) in [5, 5.41) is 6.83. The molecular formula is C14H20N4S. The van der Waals surface area contributed by atoms with Gasteiger partial charge in [0.05, 0.1) is 12.2 Å². The van der Waals surface area contributed by atoms with Crippen LogP contribution in [0.15, 0.2) is 11.6 Å². The molecular weight excluding hydrogens is 256 g/mol. The number of thiazole rings is 1. The molecule has 0 radical (unpaired) electrons. The molecule has 102 valence electrons. The van der Waals surface area contributed by atoms with Gasteiger partial charge in [0.15, 0.2) is 0 Å². The average Bonchev–Trinajstić information content (AvgIpc) is 3.05. The summed E-state index contributed by atoms with van der Waals surface area (Å²) in [5.74, 6) is 0.997. The molecule has 2 aromatic heterocycles. The zero-order valence-electron chi connectivity index (χ0n) is 11.5. The first-order valence-electron chi connectivity index (χ1n) is 6.92. The highest BCUT2D eigenvalue weighted by atomic mass is 32.1. The van der Waals surface area contributed by atoms with E-state index >= 15 is 0 Å². The minimum atomic E-state index is 0.596. The molecule has 4 nitrogen and oxygen atoms in total. The van der Waals surface area contributed by atoms with Crippen LogP contribution in [0.4, 0.5) is 5.95 Å². The van der Waals surface area contributed by atoms with E-state index in [0.717, 1.165) is 28.9 Å². The first-order valence-corrected chi connectivity index (χ1v) is 7.80. The number of nitrogens with one attached hydrogen (secondary N) is 1. The third-order valence-electron chi connectivity index (χ3n) is 3.56. The Bertz CT molecular complexity index is 552. The number of rotatable bonds is 4. The van der Waals surface area contributed by atoms with E-state index in [4.69, 9.17) is 0 Å². The number of hydrogen-bond acceptors (Lipinski definition) is 4. The molecule has 0 unspecified atom stereocenters. The average molecular weight is 276 g/mol. The predicted octanol–water partition coefficient (Wildman–Crippen LogP) is 3.36. The molecule has 0 bridgehead atoms. The van der Waals surface area contributed by atoms with Crippen LogP contribution in [0, 0.1) is 13.8 Å². The molecule has 2 heterocycles. The lowest BCUT2D eigenvalue weighted by atomic mass is 10.2. The van der Waals surface area contributed by atoms with Gasteiger partial charge in [-0.05, 0) is 26.7 Å². The molecule has 1 aliphatic rings. The van der Waals surface area contributed by atoms with Crippen LogP contribution in [0.1, 0.15) is 42.1 Å². The van der Waals surface area contributed by atoms with E-state index in [0.29, 0.717) is 6.04 Å². The SMILES string of the molecule is Cc1csc(Cn2cc(C)nc2NC2CCCC2)n1. The fourth-order valence-corrected chi connectivity index (χ4v) is 3.43. The Balaban J connectivity index is 1.76. The summed E-state index contributed by atoms with van der Waals surface area (Å²) in [7, 11) is 0. The number of aromatic nitrogens is 3. The van der Waals surface area contributed by atoms with Gasteiger partial charge in [-0.1, -0.05) is 12.8 Å². The minimum Gasteiger partial charge on any atom is -0.353 e. The molecule has 1 N–H and O–H groups in total. The van der Waals surface area contributed by atoms with Gasteiger partial charge >= 0.3 is 0 Å². The highest BCUT2D eigenvalue weighted by molar-refractivity contribution is 7.09. The number of aryl methyl sites for hydroxylation is 2. The van der Waals surface area contributed by atoms with E-state index in [2.05, 4.69) is 31.4 Å². The van der Waals surface area contributed by atoms with Crippen LogP contribution in [-0.4, -0.2) is 20.6 Å². The number of imidazole rings is 1. The van der Waals surface area contributed by atoms with Gasteiger partial charge in [-0.25, -0.2) is 9.97 Å². The molecule has 0 atom stereocenters. The van der Waals surface area contributed by atoms with Gasteiger partial charge in [-0.15, -0.1) is 11.3 Å². The van der Waals surface area contributed by atoms with Gasteiger partial charge in [0.25, 0.3) is 0 Å². The van der Waals surface area contributed by atoms with Gasteiger partial charge in [-0.3, -0.25) is 0 Å². The van der Waals surface area contributed by atoms with Crippen molar-refractivity contribution in [2.45, 2.75) is 52.1 Å². The Kier molecular flexibility index (Phi) is 3.55. The monoisotopic (exact) mass is 276 g/mol. The molecule has 3 rings (SSSR count). The fraction of sp³-hybridized carbons (Fsp3) is 0.571. The lowest BCUT2D eigenvalue weighted by molar-refractivity contribution is 0.714. The third-order valence-corrected chi connectivity index (χ3v) is 4.51. The molecule has 1 fully saturated rings. The van der Waals surface area contributed by atoms with E-state index in [1.165, 1.54) is 25.7 Å². The van der Waals surface area contributed by atoms with Gasteiger partial charge in [0.1, 0.15) is 5.01 Å². The van der Waals surface area contributed by atoms with Gasteiger partial charge in [0, 0.05) is 23.3 Å². The Morgan fingerprint density at radius 3 is 2.74 bits per heavy atom. The van der Waals surface area contributed by atoms with E-state index in [-0.39, 0.29) is 0 Å². The van der Waals surface area contributed by atoms with Crippen LogP contribution in [-0.2, 0) is 6.54 Å². The Morgan fingerprint density at radius 1 is 1.26 bits per heavy atom. The molecule has 1 saturated carbocycles. The summed E-state index contributed by atoms with van der Waals surface area (Å²) in [4.78, 5) is 9.14. The Labute approximate surface area is 117 Å². The summed E-state index contributed by atoms with van der Waals surface area (Å²) < 4.78 is 2.19. The summed E-state index contributed by atoms with van der Waals surface area (Å²) in [6.07, 6.45) is 7.31. The van der Waals surface area contributed by atoms with Crippen molar-refractivity contribution in [1.29, 1.82) is 0 Å². The molecule has 0 saturated heterocycles. The van der Waals surface area contributed by atoms with E-state index < -0.39 is 0 Å². The first kappa shape index (κ1) is 12.7. The maximum atomic E-state index is 4.61. The fourth-order valence-electron chi connectivity index (χ4n) is 2.66. The summed E-state index contributed by atoms with van der Waals surface area (Å²) in [5.41, 5.74) is 2.16. The second-order valence-corrected chi connectivity index (χ2v) is 6.28. The first-order chi connectivity index (χ1) is 9.20.